The van der Waals surface area contributed by atoms with Crippen LogP contribution >= 0.6 is 0 Å². The number of carbonyl (C=O) groups excluding carboxylic acids is 4. The third kappa shape index (κ3) is 19.0. The molecule has 25 heteroatoms. The number of Topliss-reactive ketones (excluding diaryl/α,β-unsaturated/α-hetero) is 1. The van der Waals surface area contributed by atoms with Crippen LogP contribution in [-0.2, 0) is 81.3 Å². The molecule has 22 atom stereocenters. The summed E-state index contributed by atoms with van der Waals surface area (Å²) in [5.74, 6) is -8.09. The van der Waals surface area contributed by atoms with Gasteiger partial charge in [0.15, 0.2) is 30.3 Å². The number of ketones is 1. The maximum absolute atomic E-state index is 16.0. The molecule has 4 heterocycles. The van der Waals surface area contributed by atoms with Crippen LogP contribution in [0.1, 0.15) is 130 Å². The Hall–Kier alpha value is -3.96. The van der Waals surface area contributed by atoms with Crippen molar-refractivity contribution in [3.05, 3.63) is 30.3 Å². The van der Waals surface area contributed by atoms with Crippen LogP contribution in [-0.4, -0.2) is 204 Å². The number of carbonyl (C=O) groups is 4. The second-order valence-corrected chi connectivity index (χ2v) is 27.6. The van der Waals surface area contributed by atoms with Crippen LogP contribution in [0.25, 0.3) is 0 Å². The molecule has 4 aliphatic heterocycles. The van der Waals surface area contributed by atoms with E-state index < -0.39 is 160 Å². The Morgan fingerprint density at radius 3 is 2.10 bits per heavy atom. The number of alkyl carbamates (subject to hydrolysis) is 1. The summed E-state index contributed by atoms with van der Waals surface area (Å²) in [4.78, 5) is 67.6. The molecule has 86 heavy (non-hydrogen) atoms. The van der Waals surface area contributed by atoms with Crippen molar-refractivity contribution in [2.45, 2.75) is 238 Å². The Morgan fingerprint density at radius 1 is 0.837 bits per heavy atom. The molecular weight excluding hydrogens is 1140 g/mol. The number of oxime groups is 1. The SMILES string of the molecule is CON=C1C[C@@H](C)O[C@@H](O[C@@H]2[C@@H](C)[C@H](O[C@H]3C[C@H](C)N(C)C[C@H](C)O3)[C@@H](C)C(=O)O[C@H](C(C)CO[C@@H]3O[C@H](C)[C@@H](O)[C@@H](OC)[C@H]3OC)[C@H](C)[C@@H](OC(=O)CC(C)C)[C@@H](C)C(=O)[C@@](C)(OC(=O)NC(C)(C)CNS(=O)(=O)c3ccccc3)C[C@@H]2C)[C@@H]1O. The number of aliphatic hydroxyl groups excluding tert-OH is 2. The van der Waals surface area contributed by atoms with E-state index in [1.54, 1.807) is 80.5 Å². The van der Waals surface area contributed by atoms with Crippen molar-refractivity contribution >= 4 is 39.6 Å². The third-order valence-electron chi connectivity index (χ3n) is 17.1. The lowest BCUT2D eigenvalue weighted by atomic mass is 9.74. The molecule has 24 nitrogen and oxygen atoms in total. The van der Waals surface area contributed by atoms with Crippen molar-refractivity contribution in [2.24, 2.45) is 46.6 Å². The van der Waals surface area contributed by atoms with E-state index in [-0.39, 0.29) is 61.1 Å². The number of cyclic esters (lactones) is 1. The third-order valence-corrected chi connectivity index (χ3v) is 18.5. The van der Waals surface area contributed by atoms with Crippen LogP contribution in [0.3, 0.4) is 0 Å². The highest BCUT2D eigenvalue weighted by atomic mass is 32.2. The predicted octanol–water partition coefficient (Wildman–Crippen LogP) is 5.76. The van der Waals surface area contributed by atoms with Gasteiger partial charge in [-0.15, -0.1) is 0 Å². The zero-order chi connectivity index (χ0) is 64.3. The zero-order valence-corrected chi connectivity index (χ0v) is 54.9. The van der Waals surface area contributed by atoms with Crippen molar-refractivity contribution in [1.82, 2.24) is 14.9 Å². The summed E-state index contributed by atoms with van der Waals surface area (Å²) in [5, 5.41) is 29.7. The maximum atomic E-state index is 16.0. The van der Waals surface area contributed by atoms with Gasteiger partial charge in [0.2, 0.25) is 10.0 Å². The van der Waals surface area contributed by atoms with Crippen molar-refractivity contribution in [2.75, 3.05) is 48.1 Å². The fourth-order valence-corrected chi connectivity index (χ4v) is 13.5. The van der Waals surface area contributed by atoms with E-state index in [4.69, 9.17) is 56.9 Å². The average molecular weight is 1240 g/mol. The van der Waals surface area contributed by atoms with Crippen LogP contribution in [0.2, 0.25) is 0 Å². The van der Waals surface area contributed by atoms with Crippen LogP contribution in [0.4, 0.5) is 4.79 Å². The number of nitrogens with zero attached hydrogens (tertiary/aromatic N) is 2. The number of ether oxygens (including phenoxy) is 11. The minimum absolute atomic E-state index is 0.0128. The predicted molar refractivity (Wildman–Crippen MR) is 316 cm³/mol. The van der Waals surface area contributed by atoms with Gasteiger partial charge in [0, 0.05) is 70.4 Å². The van der Waals surface area contributed by atoms with Gasteiger partial charge < -0.3 is 77.4 Å². The molecule has 492 valence electrons. The van der Waals surface area contributed by atoms with E-state index in [0.717, 1.165) is 0 Å². The van der Waals surface area contributed by atoms with Crippen molar-refractivity contribution < 1.29 is 94.8 Å². The quantitative estimate of drug-likeness (QED) is 0.0685. The molecule has 0 radical (unpaired) electrons. The molecular formula is C61H102N4O20S. The standard InChI is InChI=1S/C61H102N4O20S/c1-32(2)25-45(66)81-51-39(9)50(34(4)30-77-58-54(75-18)53(74-17)47(67)42(12)80-58)83-56(70)41(11)52(82-46-26-35(5)65(16)29-37(7)78-46)38(8)49(84-57-48(68)44(64-76-19)27-36(6)79-57)33(3)28-61(15,55(69)40(51)10)85-59(71)63-60(13,14)31-62-86(72,73)43-23-21-20-22-24-43/h20-24,32-42,46-54,57-58,62,67-68H,25-31H2,1-19H3,(H,63,71)/t33-,34?,35-,36+,37-,38+,39-,40+,41+,42+,46-,47+,48+,49-,50+,51+,52-,53+,54+,57-,58+,61-/m0/s1. The molecule has 1 aromatic carbocycles. The summed E-state index contributed by atoms with van der Waals surface area (Å²) in [7, 11) is 2.20. The summed E-state index contributed by atoms with van der Waals surface area (Å²) in [5.41, 5.74) is -3.19. The minimum Gasteiger partial charge on any atom is -0.461 e. The number of aliphatic hydroxyl groups is 2. The molecule has 0 aliphatic carbocycles. The van der Waals surface area contributed by atoms with E-state index >= 15 is 9.59 Å². The number of benzene rings is 1. The van der Waals surface area contributed by atoms with Gasteiger partial charge in [-0.1, -0.05) is 71.8 Å². The number of amides is 1. The van der Waals surface area contributed by atoms with Gasteiger partial charge >= 0.3 is 18.0 Å². The smallest absolute Gasteiger partial charge is 0.408 e. The van der Waals surface area contributed by atoms with Crippen LogP contribution in [0.15, 0.2) is 40.4 Å². The van der Waals surface area contributed by atoms with Gasteiger partial charge in [-0.05, 0) is 92.8 Å². The number of esters is 2. The minimum atomic E-state index is -4.03. The van der Waals surface area contributed by atoms with Crippen LogP contribution in [0, 0.1) is 41.4 Å². The first-order valence-electron chi connectivity index (χ1n) is 30.3. The Bertz CT molecular complexity index is 2490. The summed E-state index contributed by atoms with van der Waals surface area (Å²) in [6, 6.07) is 7.71. The lowest BCUT2D eigenvalue weighted by Crippen LogP contribution is -2.59. The number of rotatable bonds is 20. The zero-order valence-electron chi connectivity index (χ0n) is 54.1. The lowest BCUT2D eigenvalue weighted by molar-refractivity contribution is -0.305. The van der Waals surface area contributed by atoms with Gasteiger partial charge in [-0.2, -0.15) is 0 Å². The largest absolute Gasteiger partial charge is 0.461 e. The second-order valence-electron chi connectivity index (χ2n) is 25.8. The summed E-state index contributed by atoms with van der Waals surface area (Å²) in [6.07, 6.45) is -14.7. The monoisotopic (exact) mass is 1240 g/mol. The molecule has 0 spiro atoms. The summed E-state index contributed by atoms with van der Waals surface area (Å²) in [6.45, 7) is 26.2. The van der Waals surface area contributed by atoms with Crippen molar-refractivity contribution in [3.8, 4) is 0 Å². The number of hydrogen-bond acceptors (Lipinski definition) is 22. The van der Waals surface area contributed by atoms with Crippen LogP contribution < -0.4 is 10.0 Å². The molecule has 1 amide bonds. The summed E-state index contributed by atoms with van der Waals surface area (Å²) >= 11 is 0. The van der Waals surface area contributed by atoms with E-state index in [9.17, 15) is 28.2 Å². The van der Waals surface area contributed by atoms with Gasteiger partial charge in [0.1, 0.15) is 43.7 Å². The number of sulfonamides is 1. The number of hydrogen-bond donors (Lipinski definition) is 4. The maximum Gasteiger partial charge on any atom is 0.408 e. The molecule has 1 unspecified atom stereocenters. The van der Waals surface area contributed by atoms with E-state index in [1.165, 1.54) is 40.4 Å². The molecule has 4 fully saturated rings. The Morgan fingerprint density at radius 2 is 1.49 bits per heavy atom. The van der Waals surface area contributed by atoms with E-state index in [0.29, 0.717) is 13.0 Å². The highest BCUT2D eigenvalue weighted by Crippen LogP contribution is 2.41. The Labute approximate surface area is 510 Å². The normalized spacial score (nSPS) is 37.6. The molecule has 0 bridgehead atoms. The molecule has 4 N–H and O–H groups in total. The fraction of sp³-hybridized carbons (Fsp3) is 0.820. The van der Waals surface area contributed by atoms with Gasteiger partial charge in [-0.25, -0.2) is 17.9 Å². The first-order chi connectivity index (χ1) is 40.2. The topological polar surface area (TPSA) is 293 Å². The molecule has 4 saturated heterocycles. The van der Waals surface area contributed by atoms with Crippen molar-refractivity contribution in [3.63, 3.8) is 0 Å². The number of nitrogens with one attached hydrogen (secondary N) is 2. The first-order valence-corrected chi connectivity index (χ1v) is 31.8. The molecule has 1 aromatic rings. The molecule has 0 aromatic heterocycles. The van der Waals surface area contributed by atoms with E-state index in [1.807, 2.05) is 41.7 Å². The molecule has 5 rings (SSSR count). The fourth-order valence-electron chi connectivity index (χ4n) is 12.3. The number of likely N-dealkylation sites (N-methyl/N-ethyl adjacent to an activating group) is 1. The first kappa shape index (κ1) is 72.8. The molecule has 0 saturated carbocycles. The Kier molecular flexibility index (Phi) is 26.8. The highest BCUT2D eigenvalue weighted by Gasteiger charge is 2.53. The summed E-state index contributed by atoms with van der Waals surface area (Å²) < 4.78 is 99.8. The molecule has 4 aliphatic rings. The van der Waals surface area contributed by atoms with Gasteiger partial charge in [0.05, 0.1) is 65.1 Å². The highest BCUT2D eigenvalue weighted by molar-refractivity contribution is 7.89. The van der Waals surface area contributed by atoms with Crippen molar-refractivity contribution in [1.29, 1.82) is 0 Å². The number of methoxy groups -OCH3 is 2. The van der Waals surface area contributed by atoms with Crippen LogP contribution in [0.5, 0.6) is 0 Å². The second kappa shape index (κ2) is 31.7. The van der Waals surface area contributed by atoms with Gasteiger partial charge in [-0.3, -0.25) is 14.4 Å². The van der Waals surface area contributed by atoms with Gasteiger partial charge in [0.25, 0.3) is 0 Å². The average Bonchev–Trinajstić information content (AvgIpc) is 1.77. The lowest BCUT2D eigenvalue weighted by Gasteiger charge is -2.45. The van der Waals surface area contributed by atoms with E-state index in [2.05, 4.69) is 20.1 Å². The Balaban J connectivity index is 1.71.